The molecule has 0 fully saturated rings. The van der Waals surface area contributed by atoms with E-state index >= 15 is 0 Å². The summed E-state index contributed by atoms with van der Waals surface area (Å²) in [4.78, 5) is 0. The van der Waals surface area contributed by atoms with Crippen LogP contribution in [0.3, 0.4) is 0 Å². The molecule has 2 aromatic carbocycles. The molecular formula is C18H22FN. The Balaban J connectivity index is 2.14. The maximum Gasteiger partial charge on any atom is 0.127 e. The summed E-state index contributed by atoms with van der Waals surface area (Å²) >= 11 is 0. The number of hydrogen-bond acceptors (Lipinski definition) is 1. The van der Waals surface area contributed by atoms with Crippen LogP contribution in [0.2, 0.25) is 0 Å². The lowest BCUT2D eigenvalue weighted by Crippen LogP contribution is -2.25. The summed E-state index contributed by atoms with van der Waals surface area (Å²) in [6, 6.07) is 15.7. The van der Waals surface area contributed by atoms with Crippen molar-refractivity contribution in [3.8, 4) is 0 Å². The summed E-state index contributed by atoms with van der Waals surface area (Å²) in [7, 11) is 0. The van der Waals surface area contributed by atoms with Crippen LogP contribution >= 0.6 is 0 Å². The van der Waals surface area contributed by atoms with Crippen LogP contribution in [0.25, 0.3) is 0 Å². The maximum atomic E-state index is 13.9. The molecule has 2 aromatic rings. The second kappa shape index (κ2) is 6.67. The Labute approximate surface area is 120 Å². The minimum Gasteiger partial charge on any atom is -0.303 e. The predicted octanol–water partition coefficient (Wildman–Crippen LogP) is 4.94. The third-order valence-electron chi connectivity index (χ3n) is 3.72. The molecule has 106 valence electrons. The average molecular weight is 271 g/mol. The lowest BCUT2D eigenvalue weighted by Gasteiger charge is -2.23. The highest BCUT2D eigenvalue weighted by molar-refractivity contribution is 5.25. The SMILES string of the molecule is CCC(N[C@@H](C)c1ccc(C)cc1)c1ccccc1F. The quantitative estimate of drug-likeness (QED) is 0.812. The Kier molecular flexibility index (Phi) is 4.91. The van der Waals surface area contributed by atoms with E-state index < -0.39 is 0 Å². The highest BCUT2D eigenvalue weighted by atomic mass is 19.1. The van der Waals surface area contributed by atoms with E-state index in [4.69, 9.17) is 0 Å². The van der Waals surface area contributed by atoms with Gasteiger partial charge in [-0.1, -0.05) is 55.0 Å². The number of aryl methyl sites for hydroxylation is 1. The summed E-state index contributed by atoms with van der Waals surface area (Å²) in [5.41, 5.74) is 3.22. The average Bonchev–Trinajstić information content (AvgIpc) is 2.46. The molecule has 0 aromatic heterocycles. The van der Waals surface area contributed by atoms with Gasteiger partial charge in [-0.2, -0.15) is 0 Å². The van der Waals surface area contributed by atoms with Crippen molar-refractivity contribution in [2.45, 2.75) is 39.3 Å². The molecular weight excluding hydrogens is 249 g/mol. The summed E-state index contributed by atoms with van der Waals surface area (Å²) < 4.78 is 13.9. The minimum absolute atomic E-state index is 0.0347. The van der Waals surface area contributed by atoms with E-state index in [1.165, 1.54) is 17.2 Å². The maximum absolute atomic E-state index is 13.9. The fourth-order valence-electron chi connectivity index (χ4n) is 2.44. The number of hydrogen-bond donors (Lipinski definition) is 1. The highest BCUT2D eigenvalue weighted by Gasteiger charge is 2.16. The molecule has 0 aliphatic heterocycles. The van der Waals surface area contributed by atoms with Gasteiger partial charge in [0.1, 0.15) is 5.82 Å². The van der Waals surface area contributed by atoms with Crippen LogP contribution in [0.4, 0.5) is 4.39 Å². The van der Waals surface area contributed by atoms with Crippen LogP contribution in [-0.2, 0) is 0 Å². The Bertz CT molecular complexity index is 548. The fraction of sp³-hybridized carbons (Fsp3) is 0.333. The second-order valence-electron chi connectivity index (χ2n) is 5.28. The van der Waals surface area contributed by atoms with Crippen LogP contribution in [0, 0.1) is 12.7 Å². The first kappa shape index (κ1) is 14.7. The van der Waals surface area contributed by atoms with Gasteiger partial charge in [-0.15, -0.1) is 0 Å². The molecule has 2 atom stereocenters. The van der Waals surface area contributed by atoms with Crippen molar-refractivity contribution < 1.29 is 4.39 Å². The third-order valence-corrected chi connectivity index (χ3v) is 3.72. The molecule has 20 heavy (non-hydrogen) atoms. The van der Waals surface area contributed by atoms with E-state index in [0.717, 1.165) is 12.0 Å². The zero-order chi connectivity index (χ0) is 14.5. The topological polar surface area (TPSA) is 12.0 Å². The van der Waals surface area contributed by atoms with Crippen molar-refractivity contribution >= 4 is 0 Å². The van der Waals surface area contributed by atoms with Gasteiger partial charge in [-0.3, -0.25) is 0 Å². The van der Waals surface area contributed by atoms with Crippen LogP contribution in [-0.4, -0.2) is 0 Å². The molecule has 0 heterocycles. The van der Waals surface area contributed by atoms with Gasteiger partial charge in [-0.05, 0) is 31.9 Å². The molecule has 0 aliphatic rings. The summed E-state index contributed by atoms with van der Waals surface area (Å²) in [6.07, 6.45) is 0.858. The summed E-state index contributed by atoms with van der Waals surface area (Å²) in [6.45, 7) is 6.27. The molecule has 1 N–H and O–H groups in total. The van der Waals surface area contributed by atoms with Gasteiger partial charge in [0.05, 0.1) is 0 Å². The van der Waals surface area contributed by atoms with Gasteiger partial charge in [0.15, 0.2) is 0 Å². The molecule has 0 bridgehead atoms. The van der Waals surface area contributed by atoms with Crippen molar-refractivity contribution in [1.82, 2.24) is 5.32 Å². The van der Waals surface area contributed by atoms with Gasteiger partial charge in [0.2, 0.25) is 0 Å². The molecule has 0 spiro atoms. The van der Waals surface area contributed by atoms with Gasteiger partial charge < -0.3 is 5.32 Å². The lowest BCUT2D eigenvalue weighted by atomic mass is 10.0. The molecule has 1 unspecified atom stereocenters. The van der Waals surface area contributed by atoms with Gasteiger partial charge in [0.25, 0.3) is 0 Å². The first-order valence-corrected chi connectivity index (χ1v) is 7.19. The molecule has 0 aliphatic carbocycles. The molecule has 2 heteroatoms. The third kappa shape index (κ3) is 3.45. The van der Waals surface area contributed by atoms with Crippen LogP contribution in [0.5, 0.6) is 0 Å². The molecule has 0 radical (unpaired) electrons. The zero-order valence-corrected chi connectivity index (χ0v) is 12.4. The number of halogens is 1. The minimum atomic E-state index is -0.136. The van der Waals surface area contributed by atoms with E-state index in [1.807, 2.05) is 12.1 Å². The van der Waals surface area contributed by atoms with Crippen molar-refractivity contribution in [2.24, 2.45) is 0 Å². The number of benzene rings is 2. The van der Waals surface area contributed by atoms with E-state index in [1.54, 1.807) is 6.07 Å². The summed E-state index contributed by atoms with van der Waals surface area (Å²) in [5.74, 6) is -0.136. The Hall–Kier alpha value is -1.67. The molecule has 1 nitrogen and oxygen atoms in total. The smallest absolute Gasteiger partial charge is 0.127 e. The first-order chi connectivity index (χ1) is 9.61. The molecule has 0 amide bonds. The van der Waals surface area contributed by atoms with Crippen molar-refractivity contribution in [1.29, 1.82) is 0 Å². The predicted molar refractivity (Wildman–Crippen MR) is 82.2 cm³/mol. The van der Waals surface area contributed by atoms with Gasteiger partial charge in [-0.25, -0.2) is 4.39 Å². The highest BCUT2D eigenvalue weighted by Crippen LogP contribution is 2.24. The summed E-state index contributed by atoms with van der Waals surface area (Å²) in [5, 5.41) is 3.52. The standard InChI is InChI=1S/C18H22FN/c1-4-18(16-7-5-6-8-17(16)19)20-14(3)15-11-9-13(2)10-12-15/h5-12,14,18,20H,4H2,1-3H3/t14-,18?/m0/s1. The Morgan fingerprint density at radius 2 is 1.70 bits per heavy atom. The van der Waals surface area contributed by atoms with Gasteiger partial charge >= 0.3 is 0 Å². The van der Waals surface area contributed by atoms with Crippen LogP contribution in [0.15, 0.2) is 48.5 Å². The Morgan fingerprint density at radius 1 is 1.05 bits per heavy atom. The van der Waals surface area contributed by atoms with Crippen LogP contribution in [0.1, 0.15) is 49.0 Å². The first-order valence-electron chi connectivity index (χ1n) is 7.19. The van der Waals surface area contributed by atoms with Crippen molar-refractivity contribution in [3.05, 3.63) is 71.0 Å². The molecule has 0 saturated carbocycles. The monoisotopic (exact) mass is 271 g/mol. The largest absolute Gasteiger partial charge is 0.303 e. The normalized spacial score (nSPS) is 14.0. The van der Waals surface area contributed by atoms with Gasteiger partial charge in [0, 0.05) is 17.6 Å². The Morgan fingerprint density at radius 3 is 2.30 bits per heavy atom. The number of rotatable bonds is 5. The molecule has 2 rings (SSSR count). The van der Waals surface area contributed by atoms with Crippen molar-refractivity contribution in [2.75, 3.05) is 0 Å². The number of nitrogens with one attached hydrogen (secondary N) is 1. The lowest BCUT2D eigenvalue weighted by molar-refractivity contribution is 0.439. The van der Waals surface area contributed by atoms with E-state index in [-0.39, 0.29) is 17.9 Å². The molecule has 0 saturated heterocycles. The van der Waals surface area contributed by atoms with E-state index in [2.05, 4.69) is 50.4 Å². The van der Waals surface area contributed by atoms with Crippen LogP contribution < -0.4 is 5.32 Å². The zero-order valence-electron chi connectivity index (χ0n) is 12.4. The fourth-order valence-corrected chi connectivity index (χ4v) is 2.44. The second-order valence-corrected chi connectivity index (χ2v) is 5.28. The van der Waals surface area contributed by atoms with E-state index in [0.29, 0.717) is 0 Å². The van der Waals surface area contributed by atoms with E-state index in [9.17, 15) is 4.39 Å². The van der Waals surface area contributed by atoms with Crippen molar-refractivity contribution in [3.63, 3.8) is 0 Å².